The molecule has 2 rings (SSSR count). The Labute approximate surface area is 98.0 Å². The third-order valence-corrected chi connectivity index (χ3v) is 2.09. The van der Waals surface area contributed by atoms with E-state index in [4.69, 9.17) is 11.6 Å². The van der Waals surface area contributed by atoms with Crippen molar-refractivity contribution >= 4 is 23.4 Å². The minimum atomic E-state index is -1.19. The molecule has 2 aromatic rings. The summed E-state index contributed by atoms with van der Waals surface area (Å²) >= 11 is 5.58. The number of benzene rings is 1. The molecule has 0 atom stereocenters. The number of hydrogen-bond donors (Lipinski definition) is 1. The number of aromatic amines is 1. The van der Waals surface area contributed by atoms with Crippen LogP contribution in [0.4, 0.5) is 14.7 Å². The fourth-order valence-electron chi connectivity index (χ4n) is 1.04. The SMILES string of the molecule is [O-]C(=Nc1nn[nH]n1)c1cc(F)c(F)cc1Cl. The van der Waals surface area contributed by atoms with Crippen LogP contribution in [0.25, 0.3) is 0 Å². The molecule has 1 heterocycles. The summed E-state index contributed by atoms with van der Waals surface area (Å²) in [5.41, 5.74) is -0.282. The minimum Gasteiger partial charge on any atom is -0.858 e. The first-order valence-electron chi connectivity index (χ1n) is 4.22. The summed E-state index contributed by atoms with van der Waals surface area (Å²) in [7, 11) is 0. The zero-order valence-electron chi connectivity index (χ0n) is 7.99. The molecule has 0 aliphatic carbocycles. The Bertz CT molecular complexity index is 572. The predicted molar refractivity (Wildman–Crippen MR) is 51.7 cm³/mol. The predicted octanol–water partition coefficient (Wildman–Crippen LogP) is 0.570. The number of nitrogens with one attached hydrogen (secondary N) is 1. The van der Waals surface area contributed by atoms with E-state index in [-0.39, 0.29) is 16.5 Å². The molecular formula is C8H3ClF2N5O-. The van der Waals surface area contributed by atoms with Gasteiger partial charge in [-0.25, -0.2) is 13.8 Å². The summed E-state index contributed by atoms with van der Waals surface area (Å²) in [5.74, 6) is -3.46. The van der Waals surface area contributed by atoms with Gasteiger partial charge in [0.05, 0.1) is 5.02 Å². The number of hydrogen-bond acceptors (Lipinski definition) is 5. The Balaban J connectivity index is 2.44. The number of tetrazole rings is 1. The second-order valence-corrected chi connectivity index (χ2v) is 3.28. The molecule has 1 aromatic heterocycles. The number of aliphatic imine (C=N–C) groups is 1. The van der Waals surface area contributed by atoms with Gasteiger partial charge in [-0.2, -0.15) is 5.21 Å². The van der Waals surface area contributed by atoms with Gasteiger partial charge < -0.3 is 5.11 Å². The molecule has 0 saturated carbocycles. The first-order valence-corrected chi connectivity index (χ1v) is 4.60. The molecule has 0 spiro atoms. The Hall–Kier alpha value is -2.09. The van der Waals surface area contributed by atoms with Crippen LogP contribution in [0.1, 0.15) is 5.56 Å². The first kappa shape index (κ1) is 11.4. The topological polar surface area (TPSA) is 89.9 Å². The molecule has 0 unspecified atom stereocenters. The smallest absolute Gasteiger partial charge is 0.288 e. The van der Waals surface area contributed by atoms with Crippen molar-refractivity contribution in [2.45, 2.75) is 0 Å². The van der Waals surface area contributed by atoms with E-state index < -0.39 is 17.5 Å². The minimum absolute atomic E-state index is 0.226. The summed E-state index contributed by atoms with van der Waals surface area (Å²) in [6, 6.07) is 1.35. The molecular weight excluding hydrogens is 256 g/mol. The van der Waals surface area contributed by atoms with E-state index in [1.807, 2.05) is 0 Å². The van der Waals surface area contributed by atoms with Crippen molar-refractivity contribution in [3.05, 3.63) is 34.4 Å². The average Bonchev–Trinajstić information content (AvgIpc) is 2.76. The van der Waals surface area contributed by atoms with Crippen molar-refractivity contribution in [1.29, 1.82) is 0 Å². The van der Waals surface area contributed by atoms with E-state index in [2.05, 4.69) is 25.6 Å². The monoisotopic (exact) mass is 258 g/mol. The van der Waals surface area contributed by atoms with Gasteiger partial charge in [-0.05, 0) is 17.3 Å². The van der Waals surface area contributed by atoms with Crippen molar-refractivity contribution in [2.24, 2.45) is 4.99 Å². The van der Waals surface area contributed by atoms with Crippen LogP contribution in [0.15, 0.2) is 17.1 Å². The van der Waals surface area contributed by atoms with Crippen LogP contribution in [-0.4, -0.2) is 26.5 Å². The highest BCUT2D eigenvalue weighted by Gasteiger charge is 2.08. The lowest BCUT2D eigenvalue weighted by molar-refractivity contribution is -0.212. The van der Waals surface area contributed by atoms with E-state index in [1.165, 1.54) is 0 Å². The van der Waals surface area contributed by atoms with Crippen molar-refractivity contribution in [1.82, 2.24) is 20.6 Å². The number of rotatable bonds is 2. The van der Waals surface area contributed by atoms with Crippen LogP contribution in [0.3, 0.4) is 0 Å². The molecule has 0 fully saturated rings. The highest BCUT2D eigenvalue weighted by Crippen LogP contribution is 2.20. The highest BCUT2D eigenvalue weighted by atomic mass is 35.5. The van der Waals surface area contributed by atoms with Gasteiger partial charge in [0.25, 0.3) is 5.95 Å². The Kier molecular flexibility index (Phi) is 2.96. The molecule has 0 aliphatic rings. The lowest BCUT2D eigenvalue weighted by Crippen LogP contribution is -2.19. The standard InChI is InChI=1S/C8H4ClF2N5O/c9-4-2-6(11)5(10)1-3(4)7(17)12-8-13-15-16-14-8/h1-2H,(H2,12,13,14,15,16,17)/p-1. The normalized spacial score (nSPS) is 11.8. The summed E-state index contributed by atoms with van der Waals surface area (Å²) in [6.07, 6.45) is 0. The quantitative estimate of drug-likeness (QED) is 0.484. The molecule has 88 valence electrons. The zero-order valence-corrected chi connectivity index (χ0v) is 8.74. The van der Waals surface area contributed by atoms with Crippen LogP contribution in [0.2, 0.25) is 5.02 Å². The van der Waals surface area contributed by atoms with Gasteiger partial charge in [-0.3, -0.25) is 0 Å². The molecule has 17 heavy (non-hydrogen) atoms. The molecule has 6 nitrogen and oxygen atoms in total. The summed E-state index contributed by atoms with van der Waals surface area (Å²) in [4.78, 5) is 3.39. The molecule has 0 amide bonds. The largest absolute Gasteiger partial charge is 0.858 e. The van der Waals surface area contributed by atoms with Gasteiger partial charge in [0.15, 0.2) is 11.6 Å². The van der Waals surface area contributed by atoms with Crippen molar-refractivity contribution in [3.63, 3.8) is 0 Å². The number of H-pyrrole nitrogens is 1. The third-order valence-electron chi connectivity index (χ3n) is 1.78. The maximum atomic E-state index is 12.9. The van der Waals surface area contributed by atoms with Gasteiger partial charge in [0.2, 0.25) is 0 Å². The number of nitrogens with zero attached hydrogens (tertiary/aromatic N) is 4. The average molecular weight is 259 g/mol. The zero-order chi connectivity index (χ0) is 12.4. The van der Waals surface area contributed by atoms with E-state index in [0.717, 1.165) is 0 Å². The van der Waals surface area contributed by atoms with Crippen molar-refractivity contribution in [2.75, 3.05) is 0 Å². The Morgan fingerprint density at radius 1 is 1.35 bits per heavy atom. The molecule has 9 heteroatoms. The van der Waals surface area contributed by atoms with Crippen LogP contribution in [0.5, 0.6) is 0 Å². The van der Waals surface area contributed by atoms with E-state index in [9.17, 15) is 13.9 Å². The van der Waals surface area contributed by atoms with E-state index >= 15 is 0 Å². The fourth-order valence-corrected chi connectivity index (χ4v) is 1.27. The van der Waals surface area contributed by atoms with Crippen molar-refractivity contribution < 1.29 is 13.9 Å². The lowest BCUT2D eigenvalue weighted by Gasteiger charge is -2.11. The Morgan fingerprint density at radius 2 is 2.06 bits per heavy atom. The van der Waals surface area contributed by atoms with Crippen LogP contribution in [0, 0.1) is 11.6 Å². The highest BCUT2D eigenvalue weighted by molar-refractivity contribution is 6.33. The van der Waals surface area contributed by atoms with Crippen LogP contribution >= 0.6 is 11.6 Å². The lowest BCUT2D eigenvalue weighted by atomic mass is 10.2. The van der Waals surface area contributed by atoms with E-state index in [1.54, 1.807) is 0 Å². The molecule has 1 aromatic carbocycles. The van der Waals surface area contributed by atoms with Crippen LogP contribution < -0.4 is 5.11 Å². The second kappa shape index (κ2) is 4.42. The third kappa shape index (κ3) is 2.36. The fraction of sp³-hybridized carbons (Fsp3) is 0. The first-order chi connectivity index (χ1) is 8.08. The van der Waals surface area contributed by atoms with Gasteiger partial charge in [-0.1, -0.05) is 16.7 Å². The van der Waals surface area contributed by atoms with Crippen molar-refractivity contribution in [3.8, 4) is 0 Å². The van der Waals surface area contributed by atoms with Crippen LogP contribution in [-0.2, 0) is 0 Å². The molecule has 0 aliphatic heterocycles. The van der Waals surface area contributed by atoms with E-state index in [0.29, 0.717) is 12.1 Å². The Morgan fingerprint density at radius 3 is 2.71 bits per heavy atom. The number of aromatic nitrogens is 4. The molecule has 0 radical (unpaired) electrons. The summed E-state index contributed by atoms with van der Waals surface area (Å²) in [6.45, 7) is 0. The summed E-state index contributed by atoms with van der Waals surface area (Å²) in [5, 5.41) is 23.3. The maximum absolute atomic E-state index is 12.9. The number of halogens is 3. The van der Waals surface area contributed by atoms with Gasteiger partial charge in [0, 0.05) is 11.5 Å². The van der Waals surface area contributed by atoms with Gasteiger partial charge >= 0.3 is 0 Å². The molecule has 0 saturated heterocycles. The molecule has 0 bridgehead atoms. The van der Waals surface area contributed by atoms with Gasteiger partial charge in [0.1, 0.15) is 0 Å². The summed E-state index contributed by atoms with van der Waals surface area (Å²) < 4.78 is 25.7. The van der Waals surface area contributed by atoms with Gasteiger partial charge in [-0.15, -0.1) is 5.10 Å². The molecule has 1 N–H and O–H groups in total. The maximum Gasteiger partial charge on any atom is 0.288 e. The second-order valence-electron chi connectivity index (χ2n) is 2.87.